The van der Waals surface area contributed by atoms with Crippen molar-refractivity contribution in [2.45, 2.75) is 13.8 Å². The minimum absolute atomic E-state index is 0.0254. The van der Waals surface area contributed by atoms with Gasteiger partial charge in [0.2, 0.25) is 5.91 Å². The summed E-state index contributed by atoms with van der Waals surface area (Å²) in [6.07, 6.45) is 0. The first-order valence-electron chi connectivity index (χ1n) is 7.11. The third-order valence-electron chi connectivity index (χ3n) is 3.11. The number of piperazine rings is 1. The van der Waals surface area contributed by atoms with Crippen LogP contribution in [0.15, 0.2) is 0 Å². The third-order valence-corrected chi connectivity index (χ3v) is 3.11. The Morgan fingerprint density at radius 1 is 1.05 bits per heavy atom. The maximum absolute atomic E-state index is 11.7. The van der Waals surface area contributed by atoms with Crippen LogP contribution < -0.4 is 10.6 Å². The molecule has 0 atom stereocenters. The highest BCUT2D eigenvalue weighted by Gasteiger charge is 2.20. The first-order valence-corrected chi connectivity index (χ1v) is 7.11. The quantitative estimate of drug-likeness (QED) is 0.592. The molecule has 21 heavy (non-hydrogen) atoms. The Morgan fingerprint density at radius 2 is 1.57 bits per heavy atom. The first kappa shape index (κ1) is 17.4. The van der Waals surface area contributed by atoms with E-state index in [1.807, 2.05) is 23.6 Å². The van der Waals surface area contributed by atoms with Crippen molar-refractivity contribution in [3.8, 4) is 0 Å². The molecule has 0 bridgehead atoms. The van der Waals surface area contributed by atoms with E-state index in [0.717, 1.165) is 0 Å². The molecule has 1 rings (SSSR count). The van der Waals surface area contributed by atoms with Gasteiger partial charge in [-0.05, 0) is 5.92 Å². The number of carbonyl (C=O) groups excluding carboxylic acids is 2. The molecule has 3 N–H and O–H groups in total. The van der Waals surface area contributed by atoms with Gasteiger partial charge in [0, 0.05) is 32.7 Å². The van der Waals surface area contributed by atoms with E-state index in [9.17, 15) is 14.4 Å². The Hall–Kier alpha value is -1.67. The average Bonchev–Trinajstić information content (AvgIpc) is 2.38. The zero-order chi connectivity index (χ0) is 15.8. The van der Waals surface area contributed by atoms with E-state index in [-0.39, 0.29) is 19.0 Å². The summed E-state index contributed by atoms with van der Waals surface area (Å²) in [6, 6.07) is -0.474. The molecule has 1 aliphatic heterocycles. The van der Waals surface area contributed by atoms with Crippen LogP contribution in [0.25, 0.3) is 0 Å². The van der Waals surface area contributed by atoms with Crippen LogP contribution in [0.5, 0.6) is 0 Å². The minimum Gasteiger partial charge on any atom is -0.480 e. The summed E-state index contributed by atoms with van der Waals surface area (Å²) in [6.45, 7) is 7.10. The predicted molar refractivity (Wildman–Crippen MR) is 76.9 cm³/mol. The molecule has 0 radical (unpaired) electrons. The summed E-state index contributed by atoms with van der Waals surface area (Å²) in [7, 11) is 0. The monoisotopic (exact) mass is 300 g/mol. The highest BCUT2D eigenvalue weighted by molar-refractivity contribution is 5.95. The second-order valence-electron chi connectivity index (χ2n) is 5.60. The molecule has 120 valence electrons. The number of carboxylic acid groups (broad SMARTS) is 1. The van der Waals surface area contributed by atoms with Crippen LogP contribution in [-0.4, -0.2) is 78.6 Å². The standard InChI is InChI=1S/C13H24N4O4/c1-10(2)7-14-13(21)15-11(18)8-16-3-5-17(6-4-16)9-12(19)20/h10H,3-9H2,1-2H3,(H,19,20)(H2,14,15,18,21). The Bertz CT molecular complexity index is 378. The number of urea groups is 1. The van der Waals surface area contributed by atoms with E-state index in [4.69, 9.17) is 5.11 Å². The molecule has 0 aromatic heterocycles. The van der Waals surface area contributed by atoms with Crippen molar-refractivity contribution >= 4 is 17.9 Å². The topological polar surface area (TPSA) is 102 Å². The number of aliphatic carboxylic acids is 1. The molecule has 8 heteroatoms. The minimum atomic E-state index is -0.844. The lowest BCUT2D eigenvalue weighted by molar-refractivity contribution is -0.139. The molecule has 0 saturated carbocycles. The predicted octanol–water partition coefficient (Wildman–Crippen LogP) is -0.830. The zero-order valence-electron chi connectivity index (χ0n) is 12.6. The summed E-state index contributed by atoms with van der Waals surface area (Å²) in [5.74, 6) is -0.862. The van der Waals surface area contributed by atoms with Crippen molar-refractivity contribution in [1.82, 2.24) is 20.4 Å². The molecule has 0 aromatic carbocycles. The van der Waals surface area contributed by atoms with Crippen molar-refractivity contribution < 1.29 is 19.5 Å². The molecule has 0 unspecified atom stereocenters. The highest BCUT2D eigenvalue weighted by Crippen LogP contribution is 2.00. The molecule has 8 nitrogen and oxygen atoms in total. The van der Waals surface area contributed by atoms with Gasteiger partial charge in [0.1, 0.15) is 0 Å². The molecule has 1 fully saturated rings. The van der Waals surface area contributed by atoms with E-state index in [1.54, 1.807) is 0 Å². The van der Waals surface area contributed by atoms with Gasteiger partial charge < -0.3 is 10.4 Å². The number of nitrogens with zero attached hydrogens (tertiary/aromatic N) is 2. The van der Waals surface area contributed by atoms with Crippen LogP contribution in [0.4, 0.5) is 4.79 Å². The zero-order valence-corrected chi connectivity index (χ0v) is 12.6. The largest absolute Gasteiger partial charge is 0.480 e. The molecule has 1 saturated heterocycles. The fourth-order valence-electron chi connectivity index (χ4n) is 2.01. The number of hydrogen-bond acceptors (Lipinski definition) is 5. The SMILES string of the molecule is CC(C)CNC(=O)NC(=O)CN1CCN(CC(=O)O)CC1. The molecule has 0 spiro atoms. The van der Waals surface area contributed by atoms with Gasteiger partial charge in [0.25, 0.3) is 0 Å². The Balaban J connectivity index is 2.21. The van der Waals surface area contributed by atoms with Crippen molar-refractivity contribution in [1.29, 1.82) is 0 Å². The molecular formula is C13H24N4O4. The van der Waals surface area contributed by atoms with Crippen LogP contribution in [0, 0.1) is 5.92 Å². The lowest BCUT2D eigenvalue weighted by Crippen LogP contribution is -2.51. The van der Waals surface area contributed by atoms with Crippen LogP contribution in [-0.2, 0) is 9.59 Å². The van der Waals surface area contributed by atoms with Gasteiger partial charge in [-0.2, -0.15) is 0 Å². The van der Waals surface area contributed by atoms with Crippen LogP contribution in [0.2, 0.25) is 0 Å². The van der Waals surface area contributed by atoms with Gasteiger partial charge in [0.05, 0.1) is 13.1 Å². The Morgan fingerprint density at radius 3 is 2.05 bits per heavy atom. The number of nitrogens with one attached hydrogen (secondary N) is 2. The van der Waals surface area contributed by atoms with E-state index in [1.165, 1.54) is 0 Å². The summed E-state index contributed by atoms with van der Waals surface area (Å²) in [5, 5.41) is 13.6. The number of amides is 3. The normalized spacial score (nSPS) is 16.7. The molecule has 0 aromatic rings. The maximum Gasteiger partial charge on any atom is 0.321 e. The second-order valence-corrected chi connectivity index (χ2v) is 5.60. The third kappa shape index (κ3) is 7.62. The molecule has 3 amide bonds. The van der Waals surface area contributed by atoms with Crippen molar-refractivity contribution in [2.75, 3.05) is 45.8 Å². The summed E-state index contributed by atoms with van der Waals surface area (Å²) in [4.78, 5) is 37.5. The smallest absolute Gasteiger partial charge is 0.321 e. The number of imide groups is 1. The van der Waals surface area contributed by atoms with Gasteiger partial charge in [0.15, 0.2) is 0 Å². The van der Waals surface area contributed by atoms with Crippen LogP contribution >= 0.6 is 0 Å². The average molecular weight is 300 g/mol. The molecule has 1 heterocycles. The van der Waals surface area contributed by atoms with E-state index < -0.39 is 12.0 Å². The second kappa shape index (κ2) is 8.58. The number of rotatable bonds is 6. The van der Waals surface area contributed by atoms with E-state index in [0.29, 0.717) is 38.6 Å². The van der Waals surface area contributed by atoms with Crippen LogP contribution in [0.1, 0.15) is 13.8 Å². The molecule has 0 aliphatic carbocycles. The van der Waals surface area contributed by atoms with Gasteiger partial charge in [-0.3, -0.25) is 24.7 Å². The lowest BCUT2D eigenvalue weighted by atomic mass is 10.2. The number of hydrogen-bond donors (Lipinski definition) is 3. The van der Waals surface area contributed by atoms with Crippen molar-refractivity contribution in [2.24, 2.45) is 5.92 Å². The summed E-state index contributed by atoms with van der Waals surface area (Å²) < 4.78 is 0. The Labute approximate surface area is 124 Å². The Kier molecular flexibility index (Phi) is 7.10. The first-order chi connectivity index (χ1) is 9.86. The van der Waals surface area contributed by atoms with Gasteiger partial charge in [-0.15, -0.1) is 0 Å². The number of carboxylic acids is 1. The maximum atomic E-state index is 11.7. The number of carbonyl (C=O) groups is 3. The molecule has 1 aliphatic rings. The van der Waals surface area contributed by atoms with Gasteiger partial charge in [-0.25, -0.2) is 4.79 Å². The fraction of sp³-hybridized carbons (Fsp3) is 0.769. The van der Waals surface area contributed by atoms with Crippen molar-refractivity contribution in [3.63, 3.8) is 0 Å². The van der Waals surface area contributed by atoms with E-state index >= 15 is 0 Å². The van der Waals surface area contributed by atoms with Gasteiger partial charge >= 0.3 is 12.0 Å². The van der Waals surface area contributed by atoms with Crippen molar-refractivity contribution in [3.05, 3.63) is 0 Å². The van der Waals surface area contributed by atoms with Gasteiger partial charge in [-0.1, -0.05) is 13.8 Å². The summed E-state index contributed by atoms with van der Waals surface area (Å²) >= 11 is 0. The van der Waals surface area contributed by atoms with Crippen LogP contribution in [0.3, 0.4) is 0 Å². The summed E-state index contributed by atoms with van der Waals surface area (Å²) in [5.41, 5.74) is 0. The van der Waals surface area contributed by atoms with E-state index in [2.05, 4.69) is 10.6 Å². The molecular weight excluding hydrogens is 276 g/mol. The highest BCUT2D eigenvalue weighted by atomic mass is 16.4. The lowest BCUT2D eigenvalue weighted by Gasteiger charge is -2.33. The fourth-order valence-corrected chi connectivity index (χ4v) is 2.01.